The molecule has 0 aromatic rings. The lowest BCUT2D eigenvalue weighted by atomic mass is 9.84. The highest BCUT2D eigenvalue weighted by atomic mass is 16.5. The monoisotopic (exact) mass is 296 g/mol. The highest BCUT2D eigenvalue weighted by molar-refractivity contribution is 5.81. The van der Waals surface area contributed by atoms with E-state index < -0.39 is 5.54 Å². The molecule has 0 aromatic heterocycles. The summed E-state index contributed by atoms with van der Waals surface area (Å²) < 4.78 is 4.93. The van der Waals surface area contributed by atoms with Gasteiger partial charge >= 0.3 is 5.97 Å². The highest BCUT2D eigenvalue weighted by Crippen LogP contribution is 2.37. The van der Waals surface area contributed by atoms with Crippen LogP contribution in [0.3, 0.4) is 0 Å². The summed E-state index contributed by atoms with van der Waals surface area (Å²) in [4.78, 5) is 14.5. The SMILES string of the molecule is COC(=O)C1(N)CCCC1CCN(C)C1CCCC(C)C1. The van der Waals surface area contributed by atoms with Gasteiger partial charge in [0.25, 0.3) is 0 Å². The Kier molecular flexibility index (Phi) is 5.67. The van der Waals surface area contributed by atoms with Gasteiger partial charge in [-0.2, -0.15) is 0 Å². The molecule has 2 aliphatic rings. The van der Waals surface area contributed by atoms with Crippen molar-refractivity contribution in [3.63, 3.8) is 0 Å². The molecule has 4 heteroatoms. The molecule has 4 nitrogen and oxygen atoms in total. The van der Waals surface area contributed by atoms with Crippen molar-refractivity contribution in [2.24, 2.45) is 17.6 Å². The third-order valence-electron chi connectivity index (χ3n) is 5.80. The van der Waals surface area contributed by atoms with Crippen LogP contribution in [0.1, 0.15) is 58.3 Å². The largest absolute Gasteiger partial charge is 0.468 e. The molecule has 4 unspecified atom stereocenters. The molecule has 0 saturated heterocycles. The van der Waals surface area contributed by atoms with Crippen molar-refractivity contribution in [1.29, 1.82) is 0 Å². The standard InChI is InChI=1S/C17H32N2O2/c1-13-6-4-8-15(12-13)19(2)11-9-14-7-5-10-17(14,18)16(20)21-3/h13-15H,4-12,18H2,1-3H3. The minimum absolute atomic E-state index is 0.223. The third-order valence-corrected chi connectivity index (χ3v) is 5.80. The van der Waals surface area contributed by atoms with Gasteiger partial charge in [-0.15, -0.1) is 0 Å². The number of ether oxygens (including phenoxy) is 1. The zero-order valence-corrected chi connectivity index (χ0v) is 13.9. The van der Waals surface area contributed by atoms with Crippen LogP contribution in [0.4, 0.5) is 0 Å². The van der Waals surface area contributed by atoms with Crippen LogP contribution in [0.2, 0.25) is 0 Å². The van der Waals surface area contributed by atoms with E-state index in [1.54, 1.807) is 0 Å². The van der Waals surface area contributed by atoms with E-state index in [4.69, 9.17) is 10.5 Å². The number of rotatable bonds is 5. The van der Waals surface area contributed by atoms with E-state index in [2.05, 4.69) is 18.9 Å². The van der Waals surface area contributed by atoms with Crippen LogP contribution in [0, 0.1) is 11.8 Å². The van der Waals surface area contributed by atoms with E-state index in [0.717, 1.165) is 38.1 Å². The van der Waals surface area contributed by atoms with E-state index in [-0.39, 0.29) is 11.9 Å². The Morgan fingerprint density at radius 2 is 2.10 bits per heavy atom. The summed E-state index contributed by atoms with van der Waals surface area (Å²) in [5.74, 6) is 0.897. The van der Waals surface area contributed by atoms with E-state index in [0.29, 0.717) is 6.04 Å². The lowest BCUT2D eigenvalue weighted by molar-refractivity contribution is -0.148. The Labute approximate surface area is 129 Å². The second-order valence-corrected chi connectivity index (χ2v) is 7.32. The minimum atomic E-state index is -0.741. The maximum atomic E-state index is 12.0. The van der Waals surface area contributed by atoms with E-state index in [1.165, 1.54) is 32.8 Å². The molecular weight excluding hydrogens is 264 g/mol. The summed E-state index contributed by atoms with van der Waals surface area (Å²) in [6, 6.07) is 0.709. The summed E-state index contributed by atoms with van der Waals surface area (Å²) in [6.07, 6.45) is 9.23. The Bertz CT molecular complexity index is 361. The van der Waals surface area contributed by atoms with Crippen molar-refractivity contribution in [1.82, 2.24) is 4.90 Å². The van der Waals surface area contributed by atoms with Crippen LogP contribution in [0.5, 0.6) is 0 Å². The number of carbonyl (C=O) groups is 1. The Balaban J connectivity index is 1.85. The van der Waals surface area contributed by atoms with E-state index in [1.807, 2.05) is 0 Å². The molecule has 0 radical (unpaired) electrons. The van der Waals surface area contributed by atoms with E-state index in [9.17, 15) is 4.79 Å². The molecule has 2 N–H and O–H groups in total. The van der Waals surface area contributed by atoms with Gasteiger partial charge in [-0.05, 0) is 57.5 Å². The van der Waals surface area contributed by atoms with Crippen LogP contribution >= 0.6 is 0 Å². The molecular formula is C17H32N2O2. The number of methoxy groups -OCH3 is 1. The number of hydrogen-bond donors (Lipinski definition) is 1. The van der Waals surface area contributed by atoms with Crippen molar-refractivity contribution >= 4 is 5.97 Å². The minimum Gasteiger partial charge on any atom is -0.468 e. The first-order valence-corrected chi connectivity index (χ1v) is 8.55. The average molecular weight is 296 g/mol. The summed E-state index contributed by atoms with van der Waals surface area (Å²) in [7, 11) is 3.68. The molecule has 0 amide bonds. The first-order chi connectivity index (χ1) is 9.97. The Morgan fingerprint density at radius 3 is 2.76 bits per heavy atom. The fourth-order valence-corrected chi connectivity index (χ4v) is 4.31. The predicted octanol–water partition coefficient (Wildman–Crippen LogP) is 2.56. The van der Waals surface area contributed by atoms with Crippen molar-refractivity contribution < 1.29 is 9.53 Å². The summed E-state index contributed by atoms with van der Waals surface area (Å²) in [5.41, 5.74) is 5.61. The first-order valence-electron chi connectivity index (χ1n) is 8.55. The molecule has 0 bridgehead atoms. The van der Waals surface area contributed by atoms with Crippen LogP contribution in [0.15, 0.2) is 0 Å². The van der Waals surface area contributed by atoms with Crippen molar-refractivity contribution in [3.05, 3.63) is 0 Å². The number of nitrogens with zero attached hydrogens (tertiary/aromatic N) is 1. The molecule has 2 rings (SSSR count). The van der Waals surface area contributed by atoms with E-state index >= 15 is 0 Å². The summed E-state index contributed by atoms with van der Waals surface area (Å²) in [5, 5.41) is 0. The maximum Gasteiger partial charge on any atom is 0.326 e. The van der Waals surface area contributed by atoms with Gasteiger partial charge in [-0.3, -0.25) is 4.79 Å². The van der Waals surface area contributed by atoms with Crippen molar-refractivity contribution in [2.75, 3.05) is 20.7 Å². The van der Waals surface area contributed by atoms with Gasteiger partial charge in [0.15, 0.2) is 0 Å². The van der Waals surface area contributed by atoms with Crippen LogP contribution < -0.4 is 5.73 Å². The second-order valence-electron chi connectivity index (χ2n) is 7.32. The van der Waals surface area contributed by atoms with Gasteiger partial charge in [-0.1, -0.05) is 26.2 Å². The zero-order valence-electron chi connectivity index (χ0n) is 13.9. The molecule has 122 valence electrons. The highest BCUT2D eigenvalue weighted by Gasteiger charge is 2.46. The normalized spacial score (nSPS) is 36.9. The third kappa shape index (κ3) is 3.78. The number of nitrogens with two attached hydrogens (primary N) is 1. The second kappa shape index (κ2) is 7.10. The molecule has 0 heterocycles. The quantitative estimate of drug-likeness (QED) is 0.792. The smallest absolute Gasteiger partial charge is 0.326 e. The molecule has 0 aromatic carbocycles. The van der Waals surface area contributed by atoms with Gasteiger partial charge in [0.1, 0.15) is 5.54 Å². The van der Waals surface area contributed by atoms with Crippen molar-refractivity contribution in [3.8, 4) is 0 Å². The van der Waals surface area contributed by atoms with Gasteiger partial charge in [0, 0.05) is 6.04 Å². The lowest BCUT2D eigenvalue weighted by Gasteiger charge is -2.36. The molecule has 21 heavy (non-hydrogen) atoms. The van der Waals surface area contributed by atoms with Gasteiger partial charge in [0.2, 0.25) is 0 Å². The predicted molar refractivity (Wildman–Crippen MR) is 84.9 cm³/mol. The zero-order chi connectivity index (χ0) is 15.5. The molecule has 0 aliphatic heterocycles. The lowest BCUT2D eigenvalue weighted by Crippen LogP contribution is -2.52. The summed E-state index contributed by atoms with van der Waals surface area (Å²) >= 11 is 0. The van der Waals surface area contributed by atoms with Gasteiger partial charge in [-0.25, -0.2) is 0 Å². The molecule has 2 fully saturated rings. The number of esters is 1. The summed E-state index contributed by atoms with van der Waals surface area (Å²) in [6.45, 7) is 3.40. The van der Waals surface area contributed by atoms with Crippen molar-refractivity contribution in [2.45, 2.75) is 69.9 Å². The first kappa shape index (κ1) is 16.8. The van der Waals surface area contributed by atoms with Crippen LogP contribution in [-0.2, 0) is 9.53 Å². The van der Waals surface area contributed by atoms with Crippen LogP contribution in [0.25, 0.3) is 0 Å². The number of hydrogen-bond acceptors (Lipinski definition) is 4. The average Bonchev–Trinajstić information content (AvgIpc) is 2.86. The molecule has 0 spiro atoms. The Hall–Kier alpha value is -0.610. The maximum absolute atomic E-state index is 12.0. The van der Waals surface area contributed by atoms with Gasteiger partial charge in [0.05, 0.1) is 7.11 Å². The topological polar surface area (TPSA) is 55.6 Å². The van der Waals surface area contributed by atoms with Gasteiger partial charge < -0.3 is 15.4 Å². The fraction of sp³-hybridized carbons (Fsp3) is 0.941. The molecule has 4 atom stereocenters. The number of carbonyl (C=O) groups excluding carboxylic acids is 1. The fourth-order valence-electron chi connectivity index (χ4n) is 4.31. The molecule has 2 saturated carbocycles. The molecule has 2 aliphatic carbocycles. The Morgan fingerprint density at radius 1 is 1.33 bits per heavy atom. The van der Waals surface area contributed by atoms with Crippen LogP contribution in [-0.4, -0.2) is 43.2 Å².